The molecule has 11 rings (SSSR count). The normalized spacial score (nSPS) is 13.4. The van der Waals surface area contributed by atoms with Crippen LogP contribution in [0.15, 0.2) is 219 Å². The van der Waals surface area contributed by atoms with Crippen molar-refractivity contribution in [2.75, 3.05) is 16.5 Å². The van der Waals surface area contributed by atoms with Gasteiger partial charge in [-0.25, -0.2) is 4.98 Å². The number of fused-ring (bicyclic) bond motifs is 3. The average Bonchev–Trinajstić information content (AvgIpc) is 4.04. The second-order valence-corrected chi connectivity index (χ2v) is 23.5. The highest BCUT2D eigenvalue weighted by Gasteiger charge is 2.31. The van der Waals surface area contributed by atoms with E-state index in [0.717, 1.165) is 67.5 Å². The molecule has 0 saturated carbocycles. The summed E-state index contributed by atoms with van der Waals surface area (Å²) in [5, 5.41) is 2.32. The fourth-order valence-corrected chi connectivity index (χ4v) is 10.8. The van der Waals surface area contributed by atoms with Crippen LogP contribution in [-0.4, -0.2) is 16.2 Å². The monoisotopic (exact) mass is 981 g/mol. The Morgan fingerprint density at radius 3 is 1.64 bits per heavy atom. The first-order chi connectivity index (χ1) is 35.9. The molecule has 0 N–H and O–H groups in total. The zero-order chi connectivity index (χ0) is 52.3. The fraction of sp³-hybridized carbons (Fsp3) is 0.214. The van der Waals surface area contributed by atoms with Gasteiger partial charge in [0.15, 0.2) is 0 Å². The van der Waals surface area contributed by atoms with Gasteiger partial charge in [-0.05, 0) is 122 Å². The quantitative estimate of drug-likeness (QED) is 0.129. The number of benzene rings is 8. The van der Waals surface area contributed by atoms with E-state index in [4.69, 9.17) is 9.72 Å². The van der Waals surface area contributed by atoms with Crippen LogP contribution in [0.1, 0.15) is 108 Å². The highest BCUT2D eigenvalue weighted by atomic mass is 16.5. The van der Waals surface area contributed by atoms with Crippen molar-refractivity contribution in [1.82, 2.24) is 9.55 Å². The lowest BCUT2D eigenvalue weighted by Crippen LogP contribution is -2.27. The molecule has 5 nitrogen and oxygen atoms in total. The molecular weight excluding hydrogens is 913 g/mol. The first kappa shape index (κ1) is 49.1. The molecule has 0 saturated heterocycles. The van der Waals surface area contributed by atoms with Crippen molar-refractivity contribution in [2.24, 2.45) is 0 Å². The van der Waals surface area contributed by atoms with Gasteiger partial charge >= 0.3 is 0 Å². The molecule has 0 amide bonds. The second kappa shape index (κ2) is 19.0. The van der Waals surface area contributed by atoms with Crippen molar-refractivity contribution in [3.05, 3.63) is 258 Å². The van der Waals surface area contributed by atoms with Crippen LogP contribution in [-0.2, 0) is 21.7 Å². The summed E-state index contributed by atoms with van der Waals surface area (Å²) in [6.07, 6.45) is 4.27. The Balaban J connectivity index is 1.04. The van der Waals surface area contributed by atoms with E-state index in [1.807, 2.05) is 6.20 Å². The van der Waals surface area contributed by atoms with Crippen LogP contribution in [0, 0.1) is 0 Å². The summed E-state index contributed by atoms with van der Waals surface area (Å²) in [5.74, 6) is 2.38. The minimum atomic E-state index is -0.217. The number of hydrogen-bond donors (Lipinski definition) is 0. The highest BCUT2D eigenvalue weighted by molar-refractivity contribution is 6.10. The summed E-state index contributed by atoms with van der Waals surface area (Å²) in [4.78, 5) is 9.89. The number of pyridine rings is 1. The maximum absolute atomic E-state index is 7.16. The molecule has 1 aliphatic heterocycles. The molecule has 3 heterocycles. The molecule has 75 heavy (non-hydrogen) atoms. The molecule has 5 heteroatoms. The molecule has 0 atom stereocenters. The third kappa shape index (κ3) is 9.53. The summed E-state index contributed by atoms with van der Waals surface area (Å²) in [6.45, 7) is 23.6. The highest BCUT2D eigenvalue weighted by Crippen LogP contribution is 2.44. The molecule has 0 bridgehead atoms. The van der Waals surface area contributed by atoms with Gasteiger partial charge in [0, 0.05) is 57.5 Å². The van der Waals surface area contributed by atoms with Crippen molar-refractivity contribution in [3.63, 3.8) is 0 Å². The van der Waals surface area contributed by atoms with E-state index in [9.17, 15) is 0 Å². The van der Waals surface area contributed by atoms with E-state index < -0.39 is 0 Å². The summed E-state index contributed by atoms with van der Waals surface area (Å²) in [6, 6.07) is 74.8. The summed E-state index contributed by atoms with van der Waals surface area (Å²) in [5.41, 5.74) is 15.9. The Morgan fingerprint density at radius 1 is 0.400 bits per heavy atom. The molecule has 0 fully saturated rings. The van der Waals surface area contributed by atoms with Crippen LogP contribution >= 0.6 is 0 Å². The zero-order valence-corrected chi connectivity index (χ0v) is 45.2. The number of nitrogens with zero attached hydrogens (tertiary/aromatic N) is 4. The Bertz CT molecular complexity index is 3730. The molecule has 0 unspecified atom stereocenters. The van der Waals surface area contributed by atoms with Gasteiger partial charge in [0.05, 0.1) is 23.4 Å². The summed E-state index contributed by atoms with van der Waals surface area (Å²) < 4.78 is 9.47. The Morgan fingerprint density at radius 2 is 1.00 bits per heavy atom. The fourth-order valence-electron chi connectivity index (χ4n) is 10.8. The van der Waals surface area contributed by atoms with Gasteiger partial charge in [0.1, 0.15) is 17.3 Å². The molecule has 8 aromatic carbocycles. The van der Waals surface area contributed by atoms with Gasteiger partial charge in [-0.2, -0.15) is 0 Å². The predicted molar refractivity (Wildman–Crippen MR) is 316 cm³/mol. The molecule has 0 aliphatic carbocycles. The summed E-state index contributed by atoms with van der Waals surface area (Å²) >= 11 is 0. The standard InChI is InChI=1S/C70H68N4O/c1-67(2,3)53-35-36-71-66(43-53)74-63-34-31-54(69(7,8)51-27-19-13-20-28-51)42-62(63)61-33-32-59(45-64(61)74)75-60-38-50(48-23-15-11-16-24-48)37-58(44-60)73-47-72(46-65(73)49-25-17-12-18-26-49)57-40-55(68(4,5)6)39-56(41-57)70(9,10)52-29-21-14-22-30-52/h11-46H,47H2,1-10H3. The summed E-state index contributed by atoms with van der Waals surface area (Å²) in [7, 11) is 0. The largest absolute Gasteiger partial charge is 0.457 e. The van der Waals surface area contributed by atoms with E-state index in [0.29, 0.717) is 6.67 Å². The molecule has 10 aromatic rings. The second-order valence-electron chi connectivity index (χ2n) is 23.5. The van der Waals surface area contributed by atoms with E-state index in [2.05, 4.69) is 296 Å². The Kier molecular flexibility index (Phi) is 12.4. The average molecular weight is 981 g/mol. The van der Waals surface area contributed by atoms with Gasteiger partial charge in [-0.1, -0.05) is 203 Å². The molecule has 374 valence electrons. The Labute approximate surface area is 444 Å². The van der Waals surface area contributed by atoms with Crippen LogP contribution < -0.4 is 14.5 Å². The van der Waals surface area contributed by atoms with Gasteiger partial charge in [0.25, 0.3) is 0 Å². The van der Waals surface area contributed by atoms with Gasteiger partial charge in [0.2, 0.25) is 0 Å². The number of ether oxygens (including phenoxy) is 1. The van der Waals surface area contributed by atoms with Crippen molar-refractivity contribution < 1.29 is 4.74 Å². The van der Waals surface area contributed by atoms with E-state index in [-0.39, 0.29) is 21.7 Å². The maximum Gasteiger partial charge on any atom is 0.137 e. The Hall–Kier alpha value is -8.15. The van der Waals surface area contributed by atoms with Crippen molar-refractivity contribution in [2.45, 2.75) is 90.9 Å². The number of rotatable bonds is 11. The van der Waals surface area contributed by atoms with Gasteiger partial charge in [-0.15, -0.1) is 0 Å². The molecule has 0 radical (unpaired) electrons. The van der Waals surface area contributed by atoms with Gasteiger partial charge in [-0.3, -0.25) is 4.57 Å². The van der Waals surface area contributed by atoms with E-state index >= 15 is 0 Å². The zero-order valence-electron chi connectivity index (χ0n) is 45.2. The van der Waals surface area contributed by atoms with Crippen molar-refractivity contribution in [1.29, 1.82) is 0 Å². The van der Waals surface area contributed by atoms with E-state index in [1.54, 1.807) is 0 Å². The molecule has 1 aliphatic rings. The van der Waals surface area contributed by atoms with Crippen LogP contribution in [0.5, 0.6) is 11.5 Å². The van der Waals surface area contributed by atoms with E-state index in [1.165, 1.54) is 38.8 Å². The lowest BCUT2D eigenvalue weighted by molar-refractivity contribution is 0.483. The first-order valence-corrected chi connectivity index (χ1v) is 26.4. The molecule has 2 aromatic heterocycles. The third-order valence-electron chi connectivity index (χ3n) is 15.6. The lowest BCUT2D eigenvalue weighted by Gasteiger charge is -2.31. The molecule has 0 spiro atoms. The smallest absolute Gasteiger partial charge is 0.137 e. The maximum atomic E-state index is 7.16. The van der Waals surface area contributed by atoms with Crippen LogP contribution in [0.3, 0.4) is 0 Å². The number of hydrogen-bond acceptors (Lipinski definition) is 4. The van der Waals surface area contributed by atoms with Gasteiger partial charge < -0.3 is 14.5 Å². The SMILES string of the molecule is CC(C)(C)c1cc(N2C=C(c3ccccc3)N(c3cc(Oc4ccc5c6cc(C(C)(C)c7ccccc7)ccc6n(-c6cc(C(C)(C)C)ccn6)c5c4)cc(-c4ccccc4)c3)C2)cc(C(C)(C)c2ccccc2)c1. The van der Waals surface area contributed by atoms with Crippen LogP contribution in [0.4, 0.5) is 11.4 Å². The number of aromatic nitrogens is 2. The topological polar surface area (TPSA) is 33.5 Å². The predicted octanol–water partition coefficient (Wildman–Crippen LogP) is 18.2. The minimum Gasteiger partial charge on any atom is -0.457 e. The number of anilines is 2. The minimum absolute atomic E-state index is 0.0559. The van der Waals surface area contributed by atoms with Crippen molar-refractivity contribution >= 4 is 38.9 Å². The first-order valence-electron chi connectivity index (χ1n) is 26.4. The third-order valence-corrected chi connectivity index (χ3v) is 15.6. The molecular formula is C70H68N4O. The lowest BCUT2D eigenvalue weighted by atomic mass is 9.75. The van der Waals surface area contributed by atoms with Crippen molar-refractivity contribution in [3.8, 4) is 28.4 Å². The van der Waals surface area contributed by atoms with Crippen LogP contribution in [0.2, 0.25) is 0 Å². The van der Waals surface area contributed by atoms with Crippen LogP contribution in [0.25, 0.3) is 44.4 Å².